The average molecular weight is 208 g/mol. The van der Waals surface area contributed by atoms with Crippen molar-refractivity contribution in [2.24, 2.45) is 5.92 Å². The quantitative estimate of drug-likeness (QED) is 0.690. The van der Waals surface area contributed by atoms with E-state index in [1.807, 2.05) is 6.07 Å². The SMILES string of the molecule is Clc1ccc2c(c1)CC1CCCNC21. The lowest BCUT2D eigenvalue weighted by atomic mass is 9.92. The molecular formula is C12H14ClN. The lowest BCUT2D eigenvalue weighted by molar-refractivity contribution is 0.307. The van der Waals surface area contributed by atoms with Crippen molar-refractivity contribution in [2.45, 2.75) is 25.3 Å². The van der Waals surface area contributed by atoms with E-state index >= 15 is 0 Å². The molecule has 1 aromatic rings. The van der Waals surface area contributed by atoms with Crippen LogP contribution in [-0.4, -0.2) is 6.54 Å². The molecule has 1 aliphatic carbocycles. The molecule has 3 rings (SSSR count). The van der Waals surface area contributed by atoms with Crippen LogP contribution >= 0.6 is 11.6 Å². The second kappa shape index (κ2) is 3.25. The van der Waals surface area contributed by atoms with Gasteiger partial charge in [-0.1, -0.05) is 17.7 Å². The van der Waals surface area contributed by atoms with Crippen molar-refractivity contribution in [3.8, 4) is 0 Å². The molecule has 1 heterocycles. The molecule has 0 aromatic heterocycles. The van der Waals surface area contributed by atoms with Crippen LogP contribution in [0.25, 0.3) is 0 Å². The maximum Gasteiger partial charge on any atom is 0.0408 e. The fraction of sp³-hybridized carbons (Fsp3) is 0.500. The molecule has 1 N–H and O–H groups in total. The monoisotopic (exact) mass is 207 g/mol. The van der Waals surface area contributed by atoms with Crippen LogP contribution in [0, 0.1) is 5.92 Å². The minimum atomic E-state index is 0.607. The van der Waals surface area contributed by atoms with Gasteiger partial charge in [0.25, 0.3) is 0 Å². The van der Waals surface area contributed by atoms with Gasteiger partial charge in [-0.3, -0.25) is 0 Å². The van der Waals surface area contributed by atoms with Crippen molar-refractivity contribution < 1.29 is 0 Å². The smallest absolute Gasteiger partial charge is 0.0408 e. The molecule has 0 radical (unpaired) electrons. The van der Waals surface area contributed by atoms with Crippen molar-refractivity contribution in [1.82, 2.24) is 5.32 Å². The summed E-state index contributed by atoms with van der Waals surface area (Å²) in [6.45, 7) is 1.17. The molecule has 0 bridgehead atoms. The van der Waals surface area contributed by atoms with Gasteiger partial charge in [0.05, 0.1) is 0 Å². The van der Waals surface area contributed by atoms with Crippen LogP contribution in [0.5, 0.6) is 0 Å². The number of halogens is 1. The summed E-state index contributed by atoms with van der Waals surface area (Å²) in [5.74, 6) is 0.817. The van der Waals surface area contributed by atoms with Crippen LogP contribution in [-0.2, 0) is 6.42 Å². The van der Waals surface area contributed by atoms with Gasteiger partial charge in [-0.05, 0) is 55.0 Å². The highest BCUT2D eigenvalue weighted by Gasteiger charge is 2.33. The van der Waals surface area contributed by atoms with Gasteiger partial charge in [0.2, 0.25) is 0 Å². The van der Waals surface area contributed by atoms with Gasteiger partial charge in [-0.2, -0.15) is 0 Å². The number of piperidine rings is 1. The Hall–Kier alpha value is -0.530. The number of benzene rings is 1. The fourth-order valence-electron chi connectivity index (χ4n) is 2.88. The molecule has 1 nitrogen and oxygen atoms in total. The van der Waals surface area contributed by atoms with Crippen LogP contribution < -0.4 is 5.32 Å². The zero-order chi connectivity index (χ0) is 9.54. The lowest BCUT2D eigenvalue weighted by Gasteiger charge is -2.27. The molecule has 2 atom stereocenters. The molecule has 0 amide bonds. The van der Waals surface area contributed by atoms with Crippen LogP contribution in [0.2, 0.25) is 5.02 Å². The summed E-state index contributed by atoms with van der Waals surface area (Å²) in [5.41, 5.74) is 2.95. The van der Waals surface area contributed by atoms with Gasteiger partial charge in [-0.15, -0.1) is 0 Å². The molecule has 1 saturated heterocycles. The molecule has 1 fully saturated rings. The molecule has 1 aromatic carbocycles. The van der Waals surface area contributed by atoms with Crippen molar-refractivity contribution in [3.05, 3.63) is 34.3 Å². The van der Waals surface area contributed by atoms with Gasteiger partial charge in [0, 0.05) is 11.1 Å². The van der Waals surface area contributed by atoms with Crippen molar-refractivity contribution in [2.75, 3.05) is 6.54 Å². The van der Waals surface area contributed by atoms with Gasteiger partial charge < -0.3 is 5.32 Å². The first kappa shape index (κ1) is 8.75. The zero-order valence-corrected chi connectivity index (χ0v) is 8.85. The Kier molecular flexibility index (Phi) is 2.03. The third-order valence-electron chi connectivity index (χ3n) is 3.51. The third kappa shape index (κ3) is 1.27. The molecule has 2 heteroatoms. The maximum absolute atomic E-state index is 6.00. The van der Waals surface area contributed by atoms with E-state index in [4.69, 9.17) is 11.6 Å². The number of nitrogens with one attached hydrogen (secondary N) is 1. The Labute approximate surface area is 89.5 Å². The molecule has 0 spiro atoms. The second-order valence-corrected chi connectivity index (χ2v) is 4.82. The highest BCUT2D eigenvalue weighted by atomic mass is 35.5. The zero-order valence-electron chi connectivity index (χ0n) is 8.09. The third-order valence-corrected chi connectivity index (χ3v) is 3.74. The van der Waals surface area contributed by atoms with E-state index in [0.29, 0.717) is 6.04 Å². The summed E-state index contributed by atoms with van der Waals surface area (Å²) in [6, 6.07) is 6.95. The van der Waals surface area contributed by atoms with E-state index in [1.165, 1.54) is 36.9 Å². The van der Waals surface area contributed by atoms with E-state index in [9.17, 15) is 0 Å². The second-order valence-electron chi connectivity index (χ2n) is 4.38. The molecule has 14 heavy (non-hydrogen) atoms. The van der Waals surface area contributed by atoms with E-state index in [0.717, 1.165) is 10.9 Å². The molecule has 74 valence electrons. The van der Waals surface area contributed by atoms with E-state index < -0.39 is 0 Å². The first-order valence-electron chi connectivity index (χ1n) is 5.36. The van der Waals surface area contributed by atoms with Gasteiger partial charge in [0.15, 0.2) is 0 Å². The minimum absolute atomic E-state index is 0.607. The van der Waals surface area contributed by atoms with E-state index in [-0.39, 0.29) is 0 Å². The topological polar surface area (TPSA) is 12.0 Å². The van der Waals surface area contributed by atoms with Crippen LogP contribution in [0.3, 0.4) is 0 Å². The van der Waals surface area contributed by atoms with Gasteiger partial charge >= 0.3 is 0 Å². The summed E-state index contributed by atoms with van der Waals surface area (Å²) in [5, 5.41) is 4.49. The maximum atomic E-state index is 6.00. The Balaban J connectivity index is 2.01. The standard InChI is InChI=1S/C12H14ClN/c13-10-3-4-11-9(7-10)6-8-2-1-5-14-12(8)11/h3-4,7-8,12,14H,1-2,5-6H2. The Morgan fingerprint density at radius 2 is 2.29 bits per heavy atom. The highest BCUT2D eigenvalue weighted by Crippen LogP contribution is 2.41. The first-order valence-corrected chi connectivity index (χ1v) is 5.74. The lowest BCUT2D eigenvalue weighted by Crippen LogP contribution is -2.31. The Bertz CT molecular complexity index is 361. The summed E-state index contributed by atoms with van der Waals surface area (Å²) < 4.78 is 0. The van der Waals surface area contributed by atoms with Crippen LogP contribution in [0.4, 0.5) is 0 Å². The average Bonchev–Trinajstić information content (AvgIpc) is 2.54. The molecule has 1 aliphatic heterocycles. The normalized spacial score (nSPS) is 29.8. The van der Waals surface area contributed by atoms with Gasteiger partial charge in [0.1, 0.15) is 0 Å². The molecule has 2 unspecified atom stereocenters. The predicted octanol–water partition coefficient (Wildman–Crippen LogP) is 2.94. The Morgan fingerprint density at radius 1 is 1.36 bits per heavy atom. The van der Waals surface area contributed by atoms with Crippen molar-refractivity contribution in [1.29, 1.82) is 0 Å². The fourth-order valence-corrected chi connectivity index (χ4v) is 3.07. The number of fused-ring (bicyclic) bond motifs is 3. The van der Waals surface area contributed by atoms with Gasteiger partial charge in [-0.25, -0.2) is 0 Å². The van der Waals surface area contributed by atoms with E-state index in [1.54, 1.807) is 0 Å². The summed E-state index contributed by atoms with van der Waals surface area (Å²) in [6.07, 6.45) is 3.90. The van der Waals surface area contributed by atoms with Crippen LogP contribution in [0.1, 0.15) is 30.0 Å². The molecule has 2 aliphatic rings. The molecular weight excluding hydrogens is 194 g/mol. The molecule has 0 saturated carbocycles. The number of rotatable bonds is 0. The number of hydrogen-bond donors (Lipinski definition) is 1. The van der Waals surface area contributed by atoms with Crippen molar-refractivity contribution in [3.63, 3.8) is 0 Å². The highest BCUT2D eigenvalue weighted by molar-refractivity contribution is 6.30. The summed E-state index contributed by atoms with van der Waals surface area (Å²) in [4.78, 5) is 0. The van der Waals surface area contributed by atoms with E-state index in [2.05, 4.69) is 17.4 Å². The minimum Gasteiger partial charge on any atom is -0.310 e. The summed E-state index contributed by atoms with van der Waals surface area (Å²) in [7, 11) is 0. The first-order chi connectivity index (χ1) is 6.84. The summed E-state index contributed by atoms with van der Waals surface area (Å²) >= 11 is 6.00. The predicted molar refractivity (Wildman–Crippen MR) is 58.6 cm³/mol. The Morgan fingerprint density at radius 3 is 3.21 bits per heavy atom. The number of hydrogen-bond acceptors (Lipinski definition) is 1. The van der Waals surface area contributed by atoms with Crippen LogP contribution in [0.15, 0.2) is 18.2 Å². The largest absolute Gasteiger partial charge is 0.310 e. The van der Waals surface area contributed by atoms with Crippen molar-refractivity contribution >= 4 is 11.6 Å².